The maximum Gasteiger partial charge on any atom is 0.332 e. The highest BCUT2D eigenvalue weighted by molar-refractivity contribution is 5.72. The molecule has 0 rings (SSSR count). The van der Waals surface area contributed by atoms with E-state index in [-0.39, 0.29) is 0 Å². The van der Waals surface area contributed by atoms with Crippen LogP contribution >= 0.6 is 0 Å². The number of rotatable bonds is 13. The van der Waals surface area contributed by atoms with Gasteiger partial charge in [0, 0.05) is 13.5 Å². The molecule has 2 atom stereocenters. The maximum absolute atomic E-state index is 10.7. The molecule has 0 aliphatic heterocycles. The van der Waals surface area contributed by atoms with Crippen molar-refractivity contribution >= 4 is 5.97 Å². The van der Waals surface area contributed by atoms with E-state index in [0.29, 0.717) is 12.8 Å². The van der Waals surface area contributed by atoms with Crippen molar-refractivity contribution in [3.8, 4) is 11.8 Å². The Hall–Kier alpha value is -1.53. The van der Waals surface area contributed by atoms with Crippen molar-refractivity contribution in [2.24, 2.45) is 5.92 Å². The number of methoxy groups -OCH3 is 1. The van der Waals surface area contributed by atoms with Gasteiger partial charge in [0.25, 0.3) is 0 Å². The molecule has 0 aromatic heterocycles. The zero-order valence-corrected chi connectivity index (χ0v) is 14.7. The number of carboxylic acid groups (broad SMARTS) is 1. The van der Waals surface area contributed by atoms with Crippen molar-refractivity contribution in [1.29, 1.82) is 0 Å². The lowest BCUT2D eigenvalue weighted by Gasteiger charge is -2.09. The minimum Gasteiger partial charge on any atom is -0.479 e. The number of hydrogen-bond donors (Lipinski definition) is 1. The smallest absolute Gasteiger partial charge is 0.332 e. The number of carbonyl (C=O) groups is 1. The largest absolute Gasteiger partial charge is 0.479 e. The molecular weight excluding hydrogens is 288 g/mol. The van der Waals surface area contributed by atoms with Crippen LogP contribution < -0.4 is 0 Å². The molecule has 0 fully saturated rings. The molecule has 0 spiro atoms. The van der Waals surface area contributed by atoms with Crippen LogP contribution in [-0.2, 0) is 9.53 Å². The van der Waals surface area contributed by atoms with Crippen molar-refractivity contribution in [3.05, 3.63) is 24.8 Å². The summed E-state index contributed by atoms with van der Waals surface area (Å²) in [5, 5.41) is 8.81. The molecule has 0 heterocycles. The monoisotopic (exact) mass is 320 g/mol. The van der Waals surface area contributed by atoms with E-state index in [2.05, 4.69) is 31.4 Å². The first kappa shape index (κ1) is 21.5. The first-order valence-electron chi connectivity index (χ1n) is 8.61. The number of ether oxygens (including phenoxy) is 1. The van der Waals surface area contributed by atoms with Gasteiger partial charge < -0.3 is 9.84 Å². The topological polar surface area (TPSA) is 46.5 Å². The third kappa shape index (κ3) is 13.8. The molecule has 0 amide bonds. The number of allylic oxidation sites excluding steroid dienone is 3. The Morgan fingerprint density at radius 2 is 1.96 bits per heavy atom. The van der Waals surface area contributed by atoms with Crippen molar-refractivity contribution < 1.29 is 14.6 Å². The van der Waals surface area contributed by atoms with Gasteiger partial charge in [0.05, 0.1) is 0 Å². The number of unbranched alkanes of at least 4 members (excludes halogenated alkanes) is 3. The third-order valence-corrected chi connectivity index (χ3v) is 3.82. The predicted molar refractivity (Wildman–Crippen MR) is 96.3 cm³/mol. The molecule has 0 aliphatic rings. The van der Waals surface area contributed by atoms with E-state index in [1.54, 1.807) is 0 Å². The second-order valence-electron chi connectivity index (χ2n) is 5.93. The van der Waals surface area contributed by atoms with Crippen molar-refractivity contribution in [2.75, 3.05) is 7.11 Å². The van der Waals surface area contributed by atoms with Crippen LogP contribution in [-0.4, -0.2) is 24.3 Å². The minimum atomic E-state index is -0.927. The Morgan fingerprint density at radius 1 is 1.22 bits per heavy atom. The Balaban J connectivity index is 3.62. The van der Waals surface area contributed by atoms with Crippen LogP contribution in [0.5, 0.6) is 0 Å². The molecule has 0 aromatic rings. The lowest BCUT2D eigenvalue weighted by atomic mass is 9.97. The van der Waals surface area contributed by atoms with Crippen molar-refractivity contribution in [3.63, 3.8) is 0 Å². The number of carboxylic acids is 1. The number of aliphatic carboxylic acids is 1. The van der Waals surface area contributed by atoms with Gasteiger partial charge in [-0.2, -0.15) is 0 Å². The van der Waals surface area contributed by atoms with Crippen LogP contribution in [0.2, 0.25) is 0 Å². The summed E-state index contributed by atoms with van der Waals surface area (Å²) in [4.78, 5) is 10.7. The molecule has 0 aromatic carbocycles. The fraction of sp³-hybridized carbons (Fsp3) is 0.650. The molecule has 0 saturated carbocycles. The van der Waals surface area contributed by atoms with Crippen molar-refractivity contribution in [1.82, 2.24) is 0 Å². The Morgan fingerprint density at radius 3 is 2.61 bits per heavy atom. The SMILES string of the molecule is C=CCCCC[C@@H](C)CCC/C=C\C#CCC[C@H](OC)C(=O)O. The molecule has 3 nitrogen and oxygen atoms in total. The quantitative estimate of drug-likeness (QED) is 0.296. The van der Waals surface area contributed by atoms with Gasteiger partial charge in [0.1, 0.15) is 0 Å². The first-order valence-corrected chi connectivity index (χ1v) is 8.61. The van der Waals surface area contributed by atoms with Crippen LogP contribution in [0.1, 0.15) is 64.7 Å². The number of hydrogen-bond acceptors (Lipinski definition) is 2. The van der Waals surface area contributed by atoms with Gasteiger partial charge in [-0.05, 0) is 44.1 Å². The van der Waals surface area contributed by atoms with E-state index in [0.717, 1.165) is 18.8 Å². The lowest BCUT2D eigenvalue weighted by molar-refractivity contribution is -0.148. The molecule has 0 saturated heterocycles. The van der Waals surface area contributed by atoms with E-state index < -0.39 is 12.1 Å². The van der Waals surface area contributed by atoms with Crippen molar-refractivity contribution in [2.45, 2.75) is 70.8 Å². The van der Waals surface area contributed by atoms with Gasteiger partial charge in [0.15, 0.2) is 6.10 Å². The highest BCUT2D eigenvalue weighted by Crippen LogP contribution is 2.16. The average Bonchev–Trinajstić information content (AvgIpc) is 2.53. The highest BCUT2D eigenvalue weighted by Gasteiger charge is 2.14. The summed E-state index contributed by atoms with van der Waals surface area (Å²) in [6.45, 7) is 6.07. The van der Waals surface area contributed by atoms with Crippen LogP contribution in [0.4, 0.5) is 0 Å². The van der Waals surface area contributed by atoms with Crippen LogP contribution in [0.15, 0.2) is 24.8 Å². The Bertz CT molecular complexity index is 401. The summed E-state index contributed by atoms with van der Waals surface area (Å²) in [5.74, 6) is 5.77. The second kappa shape index (κ2) is 15.4. The fourth-order valence-electron chi connectivity index (χ4n) is 2.33. The zero-order valence-electron chi connectivity index (χ0n) is 14.7. The predicted octanol–water partition coefficient (Wildman–Crippen LogP) is 4.98. The van der Waals surface area contributed by atoms with Gasteiger partial charge in [0.2, 0.25) is 0 Å². The molecule has 3 heteroatoms. The van der Waals surface area contributed by atoms with Crippen LogP contribution in [0.25, 0.3) is 0 Å². The average molecular weight is 320 g/mol. The molecular formula is C20H32O3. The minimum absolute atomic E-state index is 0.427. The normalized spacial score (nSPS) is 13.3. The molecule has 130 valence electrons. The summed E-state index contributed by atoms with van der Waals surface area (Å²) < 4.78 is 4.85. The van der Waals surface area contributed by atoms with Crippen LogP contribution in [0.3, 0.4) is 0 Å². The van der Waals surface area contributed by atoms with Crippen LogP contribution in [0, 0.1) is 17.8 Å². The van der Waals surface area contributed by atoms with E-state index in [9.17, 15) is 4.79 Å². The molecule has 0 bridgehead atoms. The van der Waals surface area contributed by atoms with E-state index in [1.807, 2.05) is 12.2 Å². The van der Waals surface area contributed by atoms with E-state index in [4.69, 9.17) is 9.84 Å². The summed E-state index contributed by atoms with van der Waals surface area (Å²) in [7, 11) is 1.41. The van der Waals surface area contributed by atoms with Gasteiger partial charge in [-0.15, -0.1) is 6.58 Å². The summed E-state index contributed by atoms with van der Waals surface area (Å²) in [6, 6.07) is 0. The van der Waals surface area contributed by atoms with E-state index >= 15 is 0 Å². The maximum atomic E-state index is 10.7. The lowest BCUT2D eigenvalue weighted by Crippen LogP contribution is -2.21. The Kier molecular flexibility index (Phi) is 14.3. The van der Waals surface area contributed by atoms with E-state index in [1.165, 1.54) is 39.2 Å². The Labute approximate surface area is 141 Å². The molecule has 0 unspecified atom stereocenters. The molecule has 1 N–H and O–H groups in total. The summed E-state index contributed by atoms with van der Waals surface area (Å²) >= 11 is 0. The standard InChI is InChI=1S/C20H32O3/c1-4-5-6-12-15-18(2)16-13-10-8-7-9-11-14-17-19(23-3)20(21)22/h4,7-8,18-19H,1,5-6,10,12-17H2,2-3H3,(H,21,22)/b8-7-/t18-,19+/m1/s1. The first-order chi connectivity index (χ1) is 11.1. The van der Waals surface area contributed by atoms with Gasteiger partial charge in [-0.1, -0.05) is 50.2 Å². The third-order valence-electron chi connectivity index (χ3n) is 3.82. The molecule has 0 radical (unpaired) electrons. The van der Waals surface area contributed by atoms with Gasteiger partial charge >= 0.3 is 5.97 Å². The zero-order chi connectivity index (χ0) is 17.3. The highest BCUT2D eigenvalue weighted by atomic mass is 16.5. The molecule has 23 heavy (non-hydrogen) atoms. The summed E-state index contributed by atoms with van der Waals surface area (Å²) in [5.41, 5.74) is 0. The second-order valence-corrected chi connectivity index (χ2v) is 5.93. The van der Waals surface area contributed by atoms with Gasteiger partial charge in [-0.25, -0.2) is 4.79 Å². The van der Waals surface area contributed by atoms with Gasteiger partial charge in [-0.3, -0.25) is 0 Å². The molecule has 0 aliphatic carbocycles. The fourth-order valence-corrected chi connectivity index (χ4v) is 2.33. The summed E-state index contributed by atoms with van der Waals surface area (Å²) in [6.07, 6.45) is 14.7.